The van der Waals surface area contributed by atoms with Crippen molar-refractivity contribution in [2.75, 3.05) is 12.3 Å². The van der Waals surface area contributed by atoms with E-state index in [-0.39, 0.29) is 17.5 Å². The number of carbonyl (C=O) groups excluding carboxylic acids is 1. The van der Waals surface area contributed by atoms with Crippen molar-refractivity contribution in [3.05, 3.63) is 95.3 Å². The van der Waals surface area contributed by atoms with E-state index in [0.29, 0.717) is 36.2 Å². The van der Waals surface area contributed by atoms with Crippen LogP contribution >= 0.6 is 0 Å². The Morgan fingerprint density at radius 3 is 2.54 bits per heavy atom. The van der Waals surface area contributed by atoms with E-state index in [9.17, 15) is 4.79 Å². The number of hydrogen-bond acceptors (Lipinski definition) is 6. The number of hydrogen-bond donors (Lipinski definition) is 3. The molecule has 1 amide bonds. The highest BCUT2D eigenvalue weighted by Crippen LogP contribution is 2.31. The number of nitrogen functional groups attached to an aromatic ring is 1. The van der Waals surface area contributed by atoms with Crippen molar-refractivity contribution < 1.29 is 4.79 Å². The van der Waals surface area contributed by atoms with Crippen molar-refractivity contribution >= 4 is 28.8 Å². The topological polar surface area (TPSA) is 95.1 Å². The molecule has 1 unspecified atom stereocenters. The lowest BCUT2D eigenvalue weighted by molar-refractivity contribution is -0.119. The lowest BCUT2D eigenvalue weighted by Gasteiger charge is -2.36. The summed E-state index contributed by atoms with van der Waals surface area (Å²) < 4.78 is 0. The van der Waals surface area contributed by atoms with Crippen molar-refractivity contribution in [1.82, 2.24) is 15.5 Å². The van der Waals surface area contributed by atoms with E-state index in [4.69, 9.17) is 10.7 Å². The van der Waals surface area contributed by atoms with Crippen molar-refractivity contribution in [3.8, 4) is 0 Å². The minimum absolute atomic E-state index is 0.186. The van der Waals surface area contributed by atoms with Crippen LogP contribution in [-0.2, 0) is 17.8 Å². The van der Waals surface area contributed by atoms with Crippen molar-refractivity contribution in [2.24, 2.45) is 9.98 Å². The Labute approximate surface area is 232 Å². The third-order valence-electron chi connectivity index (χ3n) is 7.18. The average molecular weight is 525 g/mol. The lowest BCUT2D eigenvalue weighted by Crippen LogP contribution is -2.49. The summed E-state index contributed by atoms with van der Waals surface area (Å²) in [6.45, 7) is 19.5. The minimum atomic E-state index is -0.369. The molecule has 0 radical (unpaired) electrons. The normalized spacial score (nSPS) is 16.4. The highest BCUT2D eigenvalue weighted by molar-refractivity contribution is 6.19. The molecular formula is C32H40N6O. The quantitative estimate of drug-likeness (QED) is 0.357. The predicted octanol–water partition coefficient (Wildman–Crippen LogP) is 5.52. The Balaban J connectivity index is 1.51. The lowest BCUT2D eigenvalue weighted by atomic mass is 10.0. The molecule has 204 valence electrons. The molecule has 2 aromatic carbocycles. The number of nitrogens with zero attached hydrogens (tertiary/aromatic N) is 3. The van der Waals surface area contributed by atoms with Gasteiger partial charge in [-0.25, -0.2) is 9.98 Å². The van der Waals surface area contributed by atoms with E-state index in [0.717, 1.165) is 40.8 Å². The van der Waals surface area contributed by atoms with E-state index in [2.05, 4.69) is 61.7 Å². The molecule has 0 spiro atoms. The SMILES string of the molecule is C=C(NCc1ccc(CCC)c(N)c1)C1=NC2=NCC(C)(C)N2C(C(=O)NC(C)c2ccc(C(=C)C)cc2)=C1. The molecular weight excluding hydrogens is 484 g/mol. The zero-order chi connectivity index (χ0) is 28.3. The van der Waals surface area contributed by atoms with E-state index in [1.54, 1.807) is 6.08 Å². The number of carbonyl (C=O) groups is 1. The molecule has 0 bridgehead atoms. The second-order valence-electron chi connectivity index (χ2n) is 11.0. The molecule has 0 aliphatic carbocycles. The molecule has 7 heteroatoms. The van der Waals surface area contributed by atoms with Gasteiger partial charge in [-0.3, -0.25) is 9.69 Å². The number of aryl methyl sites for hydroxylation is 1. The van der Waals surface area contributed by atoms with E-state index in [1.807, 2.05) is 49.1 Å². The molecule has 0 saturated heterocycles. The van der Waals surface area contributed by atoms with Gasteiger partial charge in [0, 0.05) is 12.2 Å². The first-order valence-electron chi connectivity index (χ1n) is 13.5. The zero-order valence-corrected chi connectivity index (χ0v) is 23.8. The van der Waals surface area contributed by atoms with Crippen LogP contribution in [0, 0.1) is 0 Å². The van der Waals surface area contributed by atoms with Gasteiger partial charge in [-0.1, -0.05) is 68.5 Å². The highest BCUT2D eigenvalue weighted by atomic mass is 16.2. The van der Waals surface area contributed by atoms with Gasteiger partial charge >= 0.3 is 0 Å². The van der Waals surface area contributed by atoms with Gasteiger partial charge in [0.15, 0.2) is 0 Å². The van der Waals surface area contributed by atoms with Gasteiger partial charge in [0.25, 0.3) is 5.91 Å². The summed E-state index contributed by atoms with van der Waals surface area (Å²) >= 11 is 0. The first kappa shape index (κ1) is 27.9. The number of nitrogens with one attached hydrogen (secondary N) is 2. The Kier molecular flexibility index (Phi) is 8.09. The van der Waals surface area contributed by atoms with Crippen LogP contribution < -0.4 is 16.4 Å². The number of benzene rings is 2. The Bertz CT molecular complexity index is 1380. The number of nitrogens with two attached hydrogens (primary N) is 1. The molecule has 0 saturated carbocycles. The molecule has 7 nitrogen and oxygen atoms in total. The van der Waals surface area contributed by atoms with Crippen LogP contribution in [0.15, 0.2) is 83.1 Å². The first-order chi connectivity index (χ1) is 18.5. The Morgan fingerprint density at radius 1 is 1.18 bits per heavy atom. The van der Waals surface area contributed by atoms with Crippen LogP contribution in [0.2, 0.25) is 0 Å². The number of guanidine groups is 1. The molecule has 0 fully saturated rings. The molecule has 2 aromatic rings. The second kappa shape index (κ2) is 11.3. The summed E-state index contributed by atoms with van der Waals surface area (Å²) in [5.41, 5.74) is 13.7. The van der Waals surface area contributed by atoms with Gasteiger partial charge in [0.05, 0.1) is 29.5 Å². The molecule has 1 atom stereocenters. The fraction of sp³-hybridized carbons (Fsp3) is 0.344. The maximum atomic E-state index is 13.6. The summed E-state index contributed by atoms with van der Waals surface area (Å²) in [5, 5.41) is 6.51. The van der Waals surface area contributed by atoms with E-state index >= 15 is 0 Å². The molecule has 4 rings (SSSR count). The van der Waals surface area contributed by atoms with Crippen LogP contribution in [0.25, 0.3) is 5.57 Å². The van der Waals surface area contributed by atoms with Crippen molar-refractivity contribution in [1.29, 1.82) is 0 Å². The predicted molar refractivity (Wildman–Crippen MR) is 162 cm³/mol. The summed E-state index contributed by atoms with van der Waals surface area (Å²) in [6.07, 6.45) is 3.82. The van der Waals surface area contributed by atoms with Crippen LogP contribution in [0.3, 0.4) is 0 Å². The average Bonchev–Trinajstić information content (AvgIpc) is 3.22. The third-order valence-corrected chi connectivity index (χ3v) is 7.18. The van der Waals surface area contributed by atoms with Crippen LogP contribution in [0.1, 0.15) is 69.3 Å². The maximum Gasteiger partial charge on any atom is 0.268 e. The number of rotatable bonds is 10. The number of allylic oxidation sites excluding steroid dienone is 2. The van der Waals surface area contributed by atoms with Gasteiger partial charge in [0.2, 0.25) is 5.96 Å². The van der Waals surface area contributed by atoms with Crippen LogP contribution in [-0.4, -0.2) is 34.6 Å². The van der Waals surface area contributed by atoms with Crippen molar-refractivity contribution in [2.45, 2.75) is 65.6 Å². The Hall–Kier alpha value is -4.13. The van der Waals surface area contributed by atoms with E-state index in [1.165, 1.54) is 5.56 Å². The second-order valence-corrected chi connectivity index (χ2v) is 11.0. The van der Waals surface area contributed by atoms with E-state index < -0.39 is 0 Å². The molecule has 4 N–H and O–H groups in total. The first-order valence-corrected chi connectivity index (χ1v) is 13.5. The molecule has 2 aliphatic rings. The van der Waals surface area contributed by atoms with Crippen molar-refractivity contribution in [3.63, 3.8) is 0 Å². The van der Waals surface area contributed by atoms with Gasteiger partial charge in [-0.2, -0.15) is 0 Å². The summed E-state index contributed by atoms with van der Waals surface area (Å²) in [5.74, 6) is 0.339. The zero-order valence-electron chi connectivity index (χ0n) is 23.8. The molecule has 0 aromatic heterocycles. The fourth-order valence-electron chi connectivity index (χ4n) is 4.81. The van der Waals surface area contributed by atoms with Gasteiger partial charge in [-0.15, -0.1) is 0 Å². The largest absolute Gasteiger partial charge is 0.398 e. The summed E-state index contributed by atoms with van der Waals surface area (Å²) in [4.78, 5) is 25.0. The fourth-order valence-corrected chi connectivity index (χ4v) is 4.81. The highest BCUT2D eigenvalue weighted by Gasteiger charge is 2.41. The summed E-state index contributed by atoms with van der Waals surface area (Å²) in [6, 6.07) is 14.1. The van der Waals surface area contributed by atoms with Gasteiger partial charge < -0.3 is 16.4 Å². The Morgan fingerprint density at radius 2 is 1.90 bits per heavy atom. The number of anilines is 1. The van der Waals surface area contributed by atoms with Gasteiger partial charge in [0.1, 0.15) is 5.70 Å². The summed E-state index contributed by atoms with van der Waals surface area (Å²) in [7, 11) is 0. The van der Waals surface area contributed by atoms with Crippen LogP contribution in [0.5, 0.6) is 0 Å². The smallest absolute Gasteiger partial charge is 0.268 e. The monoisotopic (exact) mass is 524 g/mol. The number of aliphatic imine (C=N–C) groups is 2. The number of amides is 1. The maximum absolute atomic E-state index is 13.6. The number of fused-ring (bicyclic) bond motifs is 1. The molecule has 2 aliphatic heterocycles. The molecule has 39 heavy (non-hydrogen) atoms. The minimum Gasteiger partial charge on any atom is -0.398 e. The standard InChI is InChI=1S/C32H40N6O/c1-8-9-26-11-10-23(16-27(26)33)18-34-22(5)28-17-29(38-31(37-28)35-19-32(38,6)7)30(39)36-21(4)25-14-12-24(13-15-25)20(2)3/h10-17,21,34H,2,5,8-9,18-19,33H2,1,3-4,6-7H3,(H,36,39). The third kappa shape index (κ3) is 6.14. The van der Waals surface area contributed by atoms with Gasteiger partial charge in [-0.05, 0) is 68.5 Å². The van der Waals surface area contributed by atoms with Crippen LogP contribution in [0.4, 0.5) is 5.69 Å². The molecule has 2 heterocycles.